The van der Waals surface area contributed by atoms with E-state index in [4.69, 9.17) is 9.47 Å². The Balaban J connectivity index is 1.33. The highest BCUT2D eigenvalue weighted by Crippen LogP contribution is 2.27. The number of hydrogen-bond acceptors (Lipinski definition) is 6. The topological polar surface area (TPSA) is 83.8 Å². The zero-order chi connectivity index (χ0) is 23.4. The molecular weight excluding hydrogens is 450 g/mol. The quantitative estimate of drug-likeness (QED) is 0.564. The largest absolute Gasteiger partial charge is 0.491 e. The van der Waals surface area contributed by atoms with E-state index < -0.39 is 25.2 Å². The average Bonchev–Trinajstić information content (AvgIpc) is 3.21. The molecule has 0 fully saturated rings. The molecule has 0 saturated carbocycles. The van der Waals surface area contributed by atoms with Crippen molar-refractivity contribution in [2.24, 2.45) is 0 Å². The molecule has 0 aliphatic carbocycles. The van der Waals surface area contributed by atoms with E-state index in [2.05, 4.69) is 19.9 Å². The number of carbonyl (C=O) groups is 1. The molecule has 0 spiro atoms. The van der Waals surface area contributed by atoms with Gasteiger partial charge in [-0.2, -0.15) is 22.7 Å². The zero-order valence-corrected chi connectivity index (χ0v) is 17.5. The van der Waals surface area contributed by atoms with E-state index in [0.717, 1.165) is 11.1 Å². The van der Waals surface area contributed by atoms with Crippen LogP contribution in [0.3, 0.4) is 0 Å². The number of rotatable bonds is 9. The number of halogens is 4. The minimum absolute atomic E-state index is 0.0976. The summed E-state index contributed by atoms with van der Waals surface area (Å²) in [5.74, 6) is 0.580. The molecule has 3 heterocycles. The molecule has 1 amide bonds. The van der Waals surface area contributed by atoms with E-state index in [1.807, 2.05) is 6.07 Å². The predicted molar refractivity (Wildman–Crippen MR) is 106 cm³/mol. The Kier molecular flexibility index (Phi) is 7.33. The maximum absolute atomic E-state index is 12.7. The Bertz CT molecular complexity index is 971. The molecule has 2 aliphatic rings. The van der Waals surface area contributed by atoms with Gasteiger partial charge in [0.2, 0.25) is 5.88 Å². The number of aromatic nitrogens is 2. The van der Waals surface area contributed by atoms with Gasteiger partial charge in [-0.15, -0.1) is 0 Å². The number of fused-ring (bicyclic) bond motifs is 2. The summed E-state index contributed by atoms with van der Waals surface area (Å²) in [4.78, 5) is 12.7. The first-order valence-corrected chi connectivity index (χ1v) is 10.5. The number of alkyl halides is 4. The summed E-state index contributed by atoms with van der Waals surface area (Å²) in [5.41, 5.74) is 1.83. The van der Waals surface area contributed by atoms with Gasteiger partial charge in [-0.1, -0.05) is 12.1 Å². The molecule has 2 aromatic rings. The molecule has 0 saturated heterocycles. The molecule has 180 valence electrons. The van der Waals surface area contributed by atoms with Crippen LogP contribution in [0.5, 0.6) is 11.6 Å². The number of carbonyl (C=O) groups excluding carboxylic acids is 1. The SMILES string of the molecule is O=C(N[C@H]1COc2ccc(CCOC(F)F)cc2C1)c1cc2n(n1)CC[C@@H](COC(F)F)O2. The number of nitrogens with one attached hydrogen (secondary N) is 1. The number of hydrogen-bond donors (Lipinski definition) is 1. The molecule has 0 unspecified atom stereocenters. The number of ether oxygens (including phenoxy) is 4. The lowest BCUT2D eigenvalue weighted by molar-refractivity contribution is -0.147. The summed E-state index contributed by atoms with van der Waals surface area (Å²) in [6.07, 6.45) is 0.725. The molecule has 0 radical (unpaired) electrons. The van der Waals surface area contributed by atoms with Crippen LogP contribution in [-0.4, -0.2) is 60.9 Å². The van der Waals surface area contributed by atoms with Gasteiger partial charge in [0, 0.05) is 19.0 Å². The van der Waals surface area contributed by atoms with Crippen LogP contribution in [-0.2, 0) is 28.9 Å². The molecule has 8 nitrogen and oxygen atoms in total. The summed E-state index contributed by atoms with van der Waals surface area (Å²) in [7, 11) is 0. The fraction of sp³-hybridized carbons (Fsp3) is 0.524. The van der Waals surface area contributed by atoms with Crippen molar-refractivity contribution in [1.82, 2.24) is 15.1 Å². The van der Waals surface area contributed by atoms with Crippen LogP contribution in [0, 0.1) is 0 Å². The van der Waals surface area contributed by atoms with Crippen molar-refractivity contribution in [1.29, 1.82) is 0 Å². The second kappa shape index (κ2) is 10.4. The summed E-state index contributed by atoms with van der Waals surface area (Å²) in [5, 5.41) is 7.10. The maximum atomic E-state index is 12.7. The second-order valence-corrected chi connectivity index (χ2v) is 7.72. The van der Waals surface area contributed by atoms with Gasteiger partial charge < -0.3 is 24.3 Å². The van der Waals surface area contributed by atoms with Crippen LogP contribution in [0.25, 0.3) is 0 Å². The van der Waals surface area contributed by atoms with Gasteiger partial charge in [0.05, 0.1) is 19.3 Å². The minimum Gasteiger partial charge on any atom is -0.491 e. The normalized spacial score (nSPS) is 19.6. The van der Waals surface area contributed by atoms with Gasteiger partial charge in [0.1, 0.15) is 18.5 Å². The third-order valence-electron chi connectivity index (χ3n) is 5.34. The first kappa shape index (κ1) is 23.3. The van der Waals surface area contributed by atoms with E-state index in [-0.39, 0.29) is 31.6 Å². The molecule has 12 heteroatoms. The Morgan fingerprint density at radius 1 is 1.21 bits per heavy atom. The Labute approximate surface area is 186 Å². The van der Waals surface area contributed by atoms with E-state index >= 15 is 0 Å². The smallest absolute Gasteiger partial charge is 0.345 e. The number of amides is 1. The molecule has 1 aromatic heterocycles. The first-order chi connectivity index (χ1) is 15.9. The molecule has 1 aromatic carbocycles. The van der Waals surface area contributed by atoms with Crippen molar-refractivity contribution in [3.63, 3.8) is 0 Å². The number of benzene rings is 1. The van der Waals surface area contributed by atoms with Crippen LogP contribution < -0.4 is 14.8 Å². The lowest BCUT2D eigenvalue weighted by atomic mass is 9.99. The molecule has 0 bridgehead atoms. The van der Waals surface area contributed by atoms with E-state index in [0.29, 0.717) is 37.4 Å². The minimum atomic E-state index is -2.87. The van der Waals surface area contributed by atoms with E-state index in [1.54, 1.807) is 12.1 Å². The second-order valence-electron chi connectivity index (χ2n) is 7.72. The summed E-state index contributed by atoms with van der Waals surface area (Å²) in [6, 6.07) is 6.57. The molecule has 4 rings (SSSR count). The Morgan fingerprint density at radius 2 is 2.03 bits per heavy atom. The predicted octanol–water partition coefficient (Wildman–Crippen LogP) is 2.79. The van der Waals surface area contributed by atoms with Crippen molar-refractivity contribution in [2.75, 3.05) is 19.8 Å². The Morgan fingerprint density at radius 3 is 2.82 bits per heavy atom. The summed E-state index contributed by atoms with van der Waals surface area (Å²) >= 11 is 0. The monoisotopic (exact) mass is 473 g/mol. The van der Waals surface area contributed by atoms with Crippen molar-refractivity contribution < 1.29 is 41.3 Å². The summed E-state index contributed by atoms with van der Waals surface area (Å²) < 4.78 is 70.2. The molecule has 2 atom stereocenters. The third-order valence-corrected chi connectivity index (χ3v) is 5.34. The van der Waals surface area contributed by atoms with Crippen LogP contribution in [0.4, 0.5) is 17.6 Å². The van der Waals surface area contributed by atoms with Crippen LogP contribution in [0.2, 0.25) is 0 Å². The van der Waals surface area contributed by atoms with Crippen LogP contribution in [0.15, 0.2) is 24.3 Å². The fourth-order valence-corrected chi connectivity index (χ4v) is 3.78. The zero-order valence-electron chi connectivity index (χ0n) is 17.5. The Hall–Kier alpha value is -2.86. The highest BCUT2D eigenvalue weighted by molar-refractivity contribution is 5.92. The van der Waals surface area contributed by atoms with Crippen molar-refractivity contribution >= 4 is 5.91 Å². The van der Waals surface area contributed by atoms with Crippen molar-refractivity contribution in [2.45, 2.75) is 51.2 Å². The van der Waals surface area contributed by atoms with Gasteiger partial charge in [-0.3, -0.25) is 4.79 Å². The van der Waals surface area contributed by atoms with Gasteiger partial charge in [0.15, 0.2) is 5.69 Å². The van der Waals surface area contributed by atoms with Crippen molar-refractivity contribution in [3.8, 4) is 11.6 Å². The maximum Gasteiger partial charge on any atom is 0.345 e. The molecular formula is C21H23F4N3O5. The lowest BCUT2D eigenvalue weighted by Gasteiger charge is -2.26. The first-order valence-electron chi connectivity index (χ1n) is 10.5. The summed E-state index contributed by atoms with van der Waals surface area (Å²) in [6.45, 7) is -5.34. The van der Waals surface area contributed by atoms with Gasteiger partial charge in [-0.05, 0) is 30.0 Å². The van der Waals surface area contributed by atoms with E-state index in [9.17, 15) is 22.4 Å². The third kappa shape index (κ3) is 6.14. The lowest BCUT2D eigenvalue weighted by Crippen LogP contribution is -2.43. The van der Waals surface area contributed by atoms with Gasteiger partial charge in [-0.25, -0.2) is 4.68 Å². The fourth-order valence-electron chi connectivity index (χ4n) is 3.78. The van der Waals surface area contributed by atoms with Crippen LogP contribution >= 0.6 is 0 Å². The average molecular weight is 473 g/mol. The molecule has 1 N–H and O–H groups in total. The van der Waals surface area contributed by atoms with Gasteiger partial charge in [0.25, 0.3) is 5.91 Å². The standard InChI is InChI=1S/C21H23F4N3O5/c22-20(23)30-6-4-12-1-2-17-13(7-12)8-14(10-31-17)26-19(29)16-9-18-28(27-16)5-3-15(33-18)11-32-21(24)25/h1-2,7,9,14-15,20-21H,3-6,8,10-11H2,(H,26,29)/t14-,15+/m1/s1. The number of nitrogens with zero attached hydrogens (tertiary/aromatic N) is 2. The molecule has 33 heavy (non-hydrogen) atoms. The highest BCUT2D eigenvalue weighted by Gasteiger charge is 2.27. The highest BCUT2D eigenvalue weighted by atomic mass is 19.3. The van der Waals surface area contributed by atoms with Crippen molar-refractivity contribution in [3.05, 3.63) is 41.1 Å². The van der Waals surface area contributed by atoms with E-state index in [1.165, 1.54) is 10.7 Å². The molecule has 2 aliphatic heterocycles. The number of aryl methyl sites for hydroxylation is 1. The van der Waals surface area contributed by atoms with Gasteiger partial charge >= 0.3 is 13.2 Å². The van der Waals surface area contributed by atoms with Crippen LogP contribution in [0.1, 0.15) is 28.0 Å².